The Kier molecular flexibility index (Phi) is 3.09. The lowest BCUT2D eigenvalue weighted by Crippen LogP contribution is -2.47. The van der Waals surface area contributed by atoms with Crippen LogP contribution in [-0.2, 0) is 4.79 Å². The third-order valence-electron chi connectivity index (χ3n) is 2.58. The average Bonchev–Trinajstić information content (AvgIpc) is 2.41. The van der Waals surface area contributed by atoms with Gasteiger partial charge in [-0.15, -0.1) is 6.58 Å². The lowest BCUT2D eigenvalue weighted by molar-refractivity contribution is -0.124. The number of hydrogen-bond donors (Lipinski definition) is 2. The Morgan fingerprint density at radius 3 is 2.92 bits per heavy atom. The highest BCUT2D eigenvalue weighted by molar-refractivity contribution is 5.83. The van der Waals surface area contributed by atoms with E-state index in [1.54, 1.807) is 6.08 Å². The third-order valence-corrected chi connectivity index (χ3v) is 2.58. The summed E-state index contributed by atoms with van der Waals surface area (Å²) in [5.41, 5.74) is 0.0747. The molecule has 1 saturated heterocycles. The van der Waals surface area contributed by atoms with Crippen molar-refractivity contribution < 1.29 is 4.79 Å². The van der Waals surface area contributed by atoms with Crippen molar-refractivity contribution in [1.82, 2.24) is 10.6 Å². The summed E-state index contributed by atoms with van der Waals surface area (Å²) in [6, 6.07) is -0.0487. The third kappa shape index (κ3) is 2.31. The van der Waals surface area contributed by atoms with E-state index in [-0.39, 0.29) is 17.4 Å². The van der Waals surface area contributed by atoms with Crippen LogP contribution in [0.4, 0.5) is 0 Å². The standard InChI is InChI=1S/C10H18N2O/c1-4-6-12-9(13)8-10(2,3)5-7-11-8/h4,8,11H,1,5-7H2,2-3H3,(H,12,13). The summed E-state index contributed by atoms with van der Waals surface area (Å²) >= 11 is 0. The molecule has 0 radical (unpaired) electrons. The fraction of sp³-hybridized carbons (Fsp3) is 0.700. The molecule has 1 fully saturated rings. The highest BCUT2D eigenvalue weighted by Crippen LogP contribution is 2.29. The highest BCUT2D eigenvalue weighted by atomic mass is 16.2. The molecule has 1 amide bonds. The van der Waals surface area contributed by atoms with Gasteiger partial charge >= 0.3 is 0 Å². The van der Waals surface area contributed by atoms with Crippen molar-refractivity contribution in [1.29, 1.82) is 0 Å². The molecule has 3 nitrogen and oxygen atoms in total. The topological polar surface area (TPSA) is 41.1 Å². The largest absolute Gasteiger partial charge is 0.351 e. The number of rotatable bonds is 3. The first-order valence-electron chi connectivity index (χ1n) is 4.70. The molecule has 1 heterocycles. The molecule has 1 aliphatic rings. The predicted molar refractivity (Wildman–Crippen MR) is 53.4 cm³/mol. The number of carbonyl (C=O) groups excluding carboxylic acids is 1. The zero-order chi connectivity index (χ0) is 9.90. The summed E-state index contributed by atoms with van der Waals surface area (Å²) < 4.78 is 0. The second-order valence-electron chi connectivity index (χ2n) is 4.16. The number of nitrogens with one attached hydrogen (secondary N) is 2. The van der Waals surface area contributed by atoms with Crippen molar-refractivity contribution in [3.63, 3.8) is 0 Å². The lowest BCUT2D eigenvalue weighted by Gasteiger charge is -2.25. The molecule has 3 heteroatoms. The Bertz CT molecular complexity index is 211. The van der Waals surface area contributed by atoms with E-state index in [1.807, 2.05) is 0 Å². The number of amides is 1. The molecule has 0 saturated carbocycles. The van der Waals surface area contributed by atoms with E-state index in [2.05, 4.69) is 31.1 Å². The summed E-state index contributed by atoms with van der Waals surface area (Å²) in [6.45, 7) is 9.27. The van der Waals surface area contributed by atoms with E-state index in [1.165, 1.54) is 0 Å². The van der Waals surface area contributed by atoms with Crippen LogP contribution in [0.2, 0.25) is 0 Å². The van der Waals surface area contributed by atoms with Gasteiger partial charge in [-0.05, 0) is 18.4 Å². The van der Waals surface area contributed by atoms with Crippen molar-refractivity contribution >= 4 is 5.91 Å². The smallest absolute Gasteiger partial charge is 0.237 e. The van der Waals surface area contributed by atoms with Crippen LogP contribution in [0.5, 0.6) is 0 Å². The van der Waals surface area contributed by atoms with Gasteiger partial charge in [0.05, 0.1) is 6.04 Å². The normalized spacial score (nSPS) is 25.5. The first kappa shape index (κ1) is 10.3. The maximum Gasteiger partial charge on any atom is 0.237 e. The van der Waals surface area contributed by atoms with Crippen LogP contribution in [0.1, 0.15) is 20.3 Å². The van der Waals surface area contributed by atoms with Crippen LogP contribution in [0.25, 0.3) is 0 Å². The van der Waals surface area contributed by atoms with Crippen molar-refractivity contribution in [2.24, 2.45) is 5.41 Å². The first-order valence-corrected chi connectivity index (χ1v) is 4.70. The minimum atomic E-state index is -0.0487. The molecular formula is C10H18N2O. The summed E-state index contributed by atoms with van der Waals surface area (Å²) in [5, 5.41) is 6.02. The summed E-state index contributed by atoms with van der Waals surface area (Å²) in [4.78, 5) is 11.6. The van der Waals surface area contributed by atoms with Crippen LogP contribution < -0.4 is 10.6 Å². The molecule has 1 aliphatic heterocycles. The van der Waals surface area contributed by atoms with Gasteiger partial charge in [-0.2, -0.15) is 0 Å². The molecular weight excluding hydrogens is 164 g/mol. The molecule has 0 aromatic carbocycles. The van der Waals surface area contributed by atoms with Crippen LogP contribution in [0.3, 0.4) is 0 Å². The second-order valence-corrected chi connectivity index (χ2v) is 4.16. The summed E-state index contributed by atoms with van der Waals surface area (Å²) in [6.07, 6.45) is 2.75. The van der Waals surface area contributed by atoms with Crippen molar-refractivity contribution in [2.75, 3.05) is 13.1 Å². The Balaban J connectivity index is 2.51. The Labute approximate surface area is 79.6 Å². The summed E-state index contributed by atoms with van der Waals surface area (Å²) in [5.74, 6) is 0.0856. The van der Waals surface area contributed by atoms with Crippen LogP contribution in [0.15, 0.2) is 12.7 Å². The molecule has 0 aliphatic carbocycles. The molecule has 0 aromatic rings. The van der Waals surface area contributed by atoms with Crippen molar-refractivity contribution in [3.8, 4) is 0 Å². The number of carbonyl (C=O) groups is 1. The molecule has 1 rings (SSSR count). The quantitative estimate of drug-likeness (QED) is 0.630. The first-order chi connectivity index (χ1) is 6.08. The van der Waals surface area contributed by atoms with E-state index in [0.717, 1.165) is 13.0 Å². The van der Waals surface area contributed by atoms with E-state index >= 15 is 0 Å². The van der Waals surface area contributed by atoms with Gasteiger partial charge in [0.25, 0.3) is 0 Å². The SMILES string of the molecule is C=CCNC(=O)C1NCCC1(C)C. The van der Waals surface area contributed by atoms with Gasteiger partial charge in [-0.3, -0.25) is 4.79 Å². The monoisotopic (exact) mass is 182 g/mol. The molecule has 74 valence electrons. The number of hydrogen-bond acceptors (Lipinski definition) is 2. The average molecular weight is 182 g/mol. The minimum Gasteiger partial charge on any atom is -0.351 e. The molecule has 1 unspecified atom stereocenters. The fourth-order valence-corrected chi connectivity index (χ4v) is 1.68. The minimum absolute atomic E-state index is 0.0487. The Morgan fingerprint density at radius 1 is 1.77 bits per heavy atom. The van der Waals surface area contributed by atoms with Gasteiger partial charge in [0, 0.05) is 6.54 Å². The van der Waals surface area contributed by atoms with Crippen molar-refractivity contribution in [3.05, 3.63) is 12.7 Å². The molecule has 0 bridgehead atoms. The van der Waals surface area contributed by atoms with Gasteiger partial charge in [0.15, 0.2) is 0 Å². The van der Waals surface area contributed by atoms with Crippen LogP contribution >= 0.6 is 0 Å². The van der Waals surface area contributed by atoms with Gasteiger partial charge in [-0.1, -0.05) is 19.9 Å². The molecule has 13 heavy (non-hydrogen) atoms. The maximum atomic E-state index is 11.6. The fourth-order valence-electron chi connectivity index (χ4n) is 1.68. The summed E-state index contributed by atoms with van der Waals surface area (Å²) in [7, 11) is 0. The van der Waals surface area contributed by atoms with E-state index in [4.69, 9.17) is 0 Å². The maximum absolute atomic E-state index is 11.6. The predicted octanol–water partition coefficient (Wildman–Crippen LogP) is 0.677. The van der Waals surface area contributed by atoms with Gasteiger partial charge < -0.3 is 10.6 Å². The van der Waals surface area contributed by atoms with Gasteiger partial charge in [-0.25, -0.2) is 0 Å². The molecule has 0 aromatic heterocycles. The Hall–Kier alpha value is -0.830. The molecule has 0 spiro atoms. The highest BCUT2D eigenvalue weighted by Gasteiger charge is 2.38. The van der Waals surface area contributed by atoms with E-state index in [0.29, 0.717) is 6.54 Å². The Morgan fingerprint density at radius 2 is 2.46 bits per heavy atom. The van der Waals surface area contributed by atoms with Crippen molar-refractivity contribution in [2.45, 2.75) is 26.3 Å². The zero-order valence-electron chi connectivity index (χ0n) is 8.39. The van der Waals surface area contributed by atoms with Gasteiger partial charge in [0.2, 0.25) is 5.91 Å². The second kappa shape index (κ2) is 3.92. The molecule has 1 atom stereocenters. The van der Waals surface area contributed by atoms with E-state index in [9.17, 15) is 4.79 Å². The molecule has 2 N–H and O–H groups in total. The van der Waals surface area contributed by atoms with Crippen LogP contribution in [0, 0.1) is 5.41 Å². The van der Waals surface area contributed by atoms with Gasteiger partial charge in [0.1, 0.15) is 0 Å². The zero-order valence-corrected chi connectivity index (χ0v) is 8.39. The van der Waals surface area contributed by atoms with Crippen LogP contribution in [-0.4, -0.2) is 25.0 Å². The lowest BCUT2D eigenvalue weighted by atomic mass is 9.84. The van der Waals surface area contributed by atoms with E-state index < -0.39 is 0 Å².